The first-order chi connectivity index (χ1) is 14.9. The molecule has 3 N–H and O–H groups in total. The number of aromatic nitrogens is 5. The third-order valence-electron chi connectivity index (χ3n) is 5.09. The van der Waals surface area contributed by atoms with E-state index in [0.29, 0.717) is 11.6 Å². The van der Waals surface area contributed by atoms with E-state index in [9.17, 15) is 9.59 Å². The fourth-order valence-electron chi connectivity index (χ4n) is 3.35. The molecule has 1 aromatic carbocycles. The topological polar surface area (TPSA) is 132 Å². The maximum absolute atomic E-state index is 12.8. The van der Waals surface area contributed by atoms with Crippen LogP contribution in [-0.2, 0) is 0 Å². The number of nitrogens with zero attached hydrogens (tertiary/aromatic N) is 6. The van der Waals surface area contributed by atoms with Gasteiger partial charge in [0.15, 0.2) is 11.4 Å². The van der Waals surface area contributed by atoms with E-state index in [1.54, 1.807) is 12.1 Å². The highest BCUT2D eigenvalue weighted by Gasteiger charge is 2.21. The van der Waals surface area contributed by atoms with Gasteiger partial charge in [-0.15, -0.1) is 5.10 Å². The number of carbonyl (C=O) groups is 2. The molecule has 11 heteroatoms. The van der Waals surface area contributed by atoms with Crippen molar-refractivity contribution < 1.29 is 9.59 Å². The van der Waals surface area contributed by atoms with Gasteiger partial charge in [0.1, 0.15) is 0 Å². The first-order valence-electron chi connectivity index (χ1n) is 9.83. The highest BCUT2D eigenvalue weighted by molar-refractivity contribution is 6.33. The molecule has 10 nitrogen and oxygen atoms in total. The SMILES string of the molecule is CC(NC(=O)c1nc(N2CCCC2)ncc1Cl)c1ccc(-n2cc(C(N)=O)nn2)cc1. The van der Waals surface area contributed by atoms with E-state index < -0.39 is 5.91 Å². The van der Waals surface area contributed by atoms with E-state index in [2.05, 4.69) is 25.6 Å². The monoisotopic (exact) mass is 440 g/mol. The number of rotatable bonds is 6. The van der Waals surface area contributed by atoms with Crippen LogP contribution >= 0.6 is 11.6 Å². The Morgan fingerprint density at radius 3 is 2.55 bits per heavy atom. The van der Waals surface area contributed by atoms with Gasteiger partial charge in [-0.3, -0.25) is 9.59 Å². The molecule has 0 aliphatic carbocycles. The molecular weight excluding hydrogens is 420 g/mol. The smallest absolute Gasteiger partial charge is 0.272 e. The Bertz CT molecular complexity index is 1110. The second-order valence-electron chi connectivity index (χ2n) is 7.26. The van der Waals surface area contributed by atoms with Crippen LogP contribution in [0.1, 0.15) is 52.3 Å². The minimum atomic E-state index is -0.643. The lowest BCUT2D eigenvalue weighted by atomic mass is 10.1. The number of nitrogens with two attached hydrogens (primary N) is 1. The van der Waals surface area contributed by atoms with E-state index in [-0.39, 0.29) is 28.4 Å². The largest absolute Gasteiger partial charge is 0.364 e. The molecule has 1 aliphatic rings. The average molecular weight is 441 g/mol. The van der Waals surface area contributed by atoms with Gasteiger partial charge >= 0.3 is 0 Å². The molecule has 2 amide bonds. The fraction of sp³-hybridized carbons (Fsp3) is 0.300. The van der Waals surface area contributed by atoms with Crippen LogP contribution in [0.4, 0.5) is 5.95 Å². The zero-order valence-corrected chi connectivity index (χ0v) is 17.6. The van der Waals surface area contributed by atoms with Crippen molar-refractivity contribution in [3.8, 4) is 5.69 Å². The molecule has 0 spiro atoms. The number of anilines is 1. The molecule has 1 aliphatic heterocycles. The molecule has 1 atom stereocenters. The van der Waals surface area contributed by atoms with Gasteiger partial charge in [0.05, 0.1) is 29.1 Å². The van der Waals surface area contributed by atoms with Gasteiger partial charge in [-0.05, 0) is 37.5 Å². The van der Waals surface area contributed by atoms with Crippen molar-refractivity contribution in [2.45, 2.75) is 25.8 Å². The van der Waals surface area contributed by atoms with Crippen LogP contribution in [0, 0.1) is 0 Å². The Kier molecular flexibility index (Phi) is 5.81. The Hall–Kier alpha value is -3.53. The van der Waals surface area contributed by atoms with Crippen molar-refractivity contribution in [3.05, 3.63) is 58.6 Å². The number of halogens is 1. The maximum Gasteiger partial charge on any atom is 0.272 e. The number of hydrogen-bond acceptors (Lipinski definition) is 7. The summed E-state index contributed by atoms with van der Waals surface area (Å²) in [6.07, 6.45) is 5.09. The summed E-state index contributed by atoms with van der Waals surface area (Å²) in [6, 6.07) is 7.02. The third-order valence-corrected chi connectivity index (χ3v) is 5.36. The van der Waals surface area contributed by atoms with E-state index in [1.165, 1.54) is 17.1 Å². The zero-order valence-electron chi connectivity index (χ0n) is 16.8. The van der Waals surface area contributed by atoms with Crippen molar-refractivity contribution >= 4 is 29.4 Å². The second-order valence-corrected chi connectivity index (χ2v) is 7.67. The lowest BCUT2D eigenvalue weighted by Gasteiger charge is -2.18. The predicted octanol–water partition coefficient (Wildman–Crippen LogP) is 1.90. The number of hydrogen-bond donors (Lipinski definition) is 2. The van der Waals surface area contributed by atoms with Crippen LogP contribution in [0.3, 0.4) is 0 Å². The van der Waals surface area contributed by atoms with Gasteiger partial charge in [-0.2, -0.15) is 0 Å². The molecule has 0 saturated carbocycles. The van der Waals surface area contributed by atoms with Crippen LogP contribution in [0.2, 0.25) is 5.02 Å². The molecule has 0 radical (unpaired) electrons. The Morgan fingerprint density at radius 2 is 1.90 bits per heavy atom. The number of carbonyl (C=O) groups excluding carboxylic acids is 2. The summed E-state index contributed by atoms with van der Waals surface area (Å²) in [5.41, 5.74) is 7.02. The molecule has 4 rings (SSSR count). The molecule has 31 heavy (non-hydrogen) atoms. The highest BCUT2D eigenvalue weighted by atomic mass is 35.5. The van der Waals surface area contributed by atoms with Crippen LogP contribution in [0.5, 0.6) is 0 Å². The third kappa shape index (κ3) is 4.48. The first kappa shape index (κ1) is 20.7. The molecule has 1 saturated heterocycles. The summed E-state index contributed by atoms with van der Waals surface area (Å²) in [4.78, 5) is 34.7. The van der Waals surface area contributed by atoms with Crippen molar-refractivity contribution in [1.82, 2.24) is 30.3 Å². The zero-order chi connectivity index (χ0) is 22.0. The standard InChI is InChI=1S/C20H21ClN8O2/c1-12(13-4-6-14(7-5-13)29-11-16(18(22)30)26-27-29)24-19(31)17-15(21)10-23-20(25-17)28-8-2-3-9-28/h4-7,10-12H,2-3,8-9H2,1H3,(H2,22,30)(H,24,31). The number of amides is 2. The number of nitrogens with one attached hydrogen (secondary N) is 1. The average Bonchev–Trinajstić information content (AvgIpc) is 3.46. The summed E-state index contributed by atoms with van der Waals surface area (Å²) < 4.78 is 1.45. The molecule has 3 aromatic rings. The first-order valence-corrected chi connectivity index (χ1v) is 10.2. The predicted molar refractivity (Wildman–Crippen MR) is 114 cm³/mol. The molecule has 3 heterocycles. The van der Waals surface area contributed by atoms with Gasteiger partial charge in [-0.1, -0.05) is 28.9 Å². The van der Waals surface area contributed by atoms with E-state index in [4.69, 9.17) is 17.3 Å². The second kappa shape index (κ2) is 8.68. The van der Waals surface area contributed by atoms with Gasteiger partial charge in [0.25, 0.3) is 11.8 Å². The number of primary amides is 1. The lowest BCUT2D eigenvalue weighted by molar-refractivity contribution is 0.0934. The van der Waals surface area contributed by atoms with Crippen LogP contribution in [0.15, 0.2) is 36.7 Å². The minimum Gasteiger partial charge on any atom is -0.364 e. The van der Waals surface area contributed by atoms with E-state index in [1.807, 2.05) is 24.0 Å². The summed E-state index contributed by atoms with van der Waals surface area (Å²) in [5, 5.41) is 10.7. The molecule has 2 aromatic heterocycles. The summed E-state index contributed by atoms with van der Waals surface area (Å²) in [5.74, 6) is -0.491. The van der Waals surface area contributed by atoms with Crippen molar-refractivity contribution in [1.29, 1.82) is 0 Å². The van der Waals surface area contributed by atoms with Gasteiger partial charge < -0.3 is 16.0 Å². The minimum absolute atomic E-state index is 0.0831. The molecular formula is C20H21ClN8O2. The van der Waals surface area contributed by atoms with Crippen molar-refractivity contribution in [3.63, 3.8) is 0 Å². The van der Waals surface area contributed by atoms with Crippen LogP contribution in [-0.4, -0.2) is 49.9 Å². The van der Waals surface area contributed by atoms with Gasteiger partial charge in [-0.25, -0.2) is 14.6 Å². The number of benzene rings is 1. The van der Waals surface area contributed by atoms with Crippen molar-refractivity contribution in [2.24, 2.45) is 5.73 Å². The lowest BCUT2D eigenvalue weighted by Crippen LogP contribution is -2.29. The maximum atomic E-state index is 12.8. The van der Waals surface area contributed by atoms with Gasteiger partial charge in [0.2, 0.25) is 5.95 Å². The summed E-state index contributed by atoms with van der Waals surface area (Å²) in [7, 11) is 0. The van der Waals surface area contributed by atoms with Crippen LogP contribution in [0.25, 0.3) is 5.69 Å². The van der Waals surface area contributed by atoms with E-state index >= 15 is 0 Å². The molecule has 160 valence electrons. The highest BCUT2D eigenvalue weighted by Crippen LogP contribution is 2.21. The van der Waals surface area contributed by atoms with Gasteiger partial charge in [0, 0.05) is 13.1 Å². The molecule has 1 fully saturated rings. The quantitative estimate of drug-likeness (QED) is 0.598. The normalized spacial score (nSPS) is 14.5. The summed E-state index contributed by atoms with van der Waals surface area (Å²) >= 11 is 6.19. The van der Waals surface area contributed by atoms with Crippen LogP contribution < -0.4 is 16.0 Å². The summed E-state index contributed by atoms with van der Waals surface area (Å²) in [6.45, 7) is 3.61. The van der Waals surface area contributed by atoms with Crippen molar-refractivity contribution in [2.75, 3.05) is 18.0 Å². The Morgan fingerprint density at radius 1 is 1.19 bits per heavy atom. The Labute approximate surface area is 183 Å². The Balaban J connectivity index is 1.46. The van der Waals surface area contributed by atoms with E-state index in [0.717, 1.165) is 31.5 Å². The fourth-order valence-corrected chi connectivity index (χ4v) is 3.53. The molecule has 0 bridgehead atoms. The molecule has 1 unspecified atom stereocenters.